The highest BCUT2D eigenvalue weighted by molar-refractivity contribution is 5.96. The van der Waals surface area contributed by atoms with Gasteiger partial charge >= 0.3 is 5.97 Å². The van der Waals surface area contributed by atoms with Crippen LogP contribution < -0.4 is 10.6 Å². The average Bonchev–Trinajstić information content (AvgIpc) is 2.63. The van der Waals surface area contributed by atoms with Crippen molar-refractivity contribution in [2.24, 2.45) is 17.8 Å². The molecule has 28 heavy (non-hydrogen) atoms. The van der Waals surface area contributed by atoms with Gasteiger partial charge in [0, 0.05) is 11.1 Å². The number of carbonyl (C=O) groups excluding carboxylic acids is 3. The molecule has 4 aliphatic carbocycles. The fourth-order valence-electron chi connectivity index (χ4n) is 5.65. The van der Waals surface area contributed by atoms with E-state index in [1.54, 1.807) is 0 Å². The molecule has 150 valence electrons. The van der Waals surface area contributed by atoms with Crippen molar-refractivity contribution in [3.05, 3.63) is 35.6 Å². The molecule has 7 heteroatoms. The molecule has 0 aliphatic heterocycles. The molecule has 0 aromatic heterocycles. The zero-order chi connectivity index (χ0) is 19.7. The Balaban J connectivity index is 1.20. The first kappa shape index (κ1) is 18.9. The second-order valence-corrected chi connectivity index (χ2v) is 8.60. The number of benzene rings is 1. The van der Waals surface area contributed by atoms with Crippen LogP contribution in [0.5, 0.6) is 0 Å². The lowest BCUT2D eigenvalue weighted by Gasteiger charge is -2.56. The van der Waals surface area contributed by atoms with Crippen molar-refractivity contribution in [3.8, 4) is 0 Å². The van der Waals surface area contributed by atoms with Crippen molar-refractivity contribution in [2.45, 2.75) is 44.1 Å². The van der Waals surface area contributed by atoms with E-state index in [-0.39, 0.29) is 30.2 Å². The SMILES string of the molecule is O=C(COC(=O)CNC(=O)c1ccc(F)cc1)NC12CC3CC(CC(C3)C1)C2. The second kappa shape index (κ2) is 7.53. The van der Waals surface area contributed by atoms with Gasteiger partial charge in [-0.2, -0.15) is 0 Å². The zero-order valence-electron chi connectivity index (χ0n) is 15.7. The van der Waals surface area contributed by atoms with E-state index in [0.717, 1.165) is 37.0 Å². The van der Waals surface area contributed by atoms with Gasteiger partial charge in [-0.1, -0.05) is 0 Å². The number of halogens is 1. The minimum Gasteiger partial charge on any atom is -0.454 e. The third-order valence-corrected chi connectivity index (χ3v) is 6.31. The summed E-state index contributed by atoms with van der Waals surface area (Å²) < 4.78 is 17.9. The molecule has 2 amide bonds. The van der Waals surface area contributed by atoms with Gasteiger partial charge in [0.25, 0.3) is 11.8 Å². The standard InChI is InChI=1S/C21H25FN2O4/c22-17-3-1-16(2-4-17)20(27)23-11-19(26)28-12-18(25)24-21-8-13-5-14(9-21)7-15(6-13)10-21/h1-4,13-15H,5-12H2,(H,23,27)(H,24,25). The molecule has 4 saturated carbocycles. The molecule has 0 saturated heterocycles. The summed E-state index contributed by atoms with van der Waals surface area (Å²) in [7, 11) is 0. The first-order chi connectivity index (χ1) is 13.4. The molecule has 0 heterocycles. The van der Waals surface area contributed by atoms with Gasteiger partial charge in [0.2, 0.25) is 0 Å². The van der Waals surface area contributed by atoms with Gasteiger partial charge in [0.15, 0.2) is 6.61 Å². The zero-order valence-corrected chi connectivity index (χ0v) is 15.7. The molecule has 2 N–H and O–H groups in total. The number of rotatable bonds is 6. The minimum absolute atomic E-state index is 0.116. The Morgan fingerprint density at radius 3 is 2.14 bits per heavy atom. The molecular formula is C21H25FN2O4. The quantitative estimate of drug-likeness (QED) is 0.732. The Labute approximate surface area is 163 Å². The highest BCUT2D eigenvalue weighted by Gasteiger charge is 2.51. The van der Waals surface area contributed by atoms with Crippen LogP contribution in [0.25, 0.3) is 0 Å². The number of amides is 2. The Kier molecular flexibility index (Phi) is 5.08. The normalized spacial score (nSPS) is 30.0. The van der Waals surface area contributed by atoms with E-state index >= 15 is 0 Å². The predicted octanol–water partition coefficient (Wildman–Crippen LogP) is 2.18. The number of hydrogen-bond donors (Lipinski definition) is 2. The third-order valence-electron chi connectivity index (χ3n) is 6.31. The van der Waals surface area contributed by atoms with Crippen molar-refractivity contribution in [1.82, 2.24) is 10.6 Å². The first-order valence-electron chi connectivity index (χ1n) is 9.91. The number of ether oxygens (including phenoxy) is 1. The molecule has 1 aromatic carbocycles. The summed E-state index contributed by atoms with van der Waals surface area (Å²) in [5, 5.41) is 5.54. The van der Waals surface area contributed by atoms with Crippen molar-refractivity contribution in [1.29, 1.82) is 0 Å². The molecule has 0 atom stereocenters. The molecule has 6 nitrogen and oxygen atoms in total. The summed E-state index contributed by atoms with van der Waals surface area (Å²) in [6.45, 7) is -0.687. The second-order valence-electron chi connectivity index (χ2n) is 8.60. The monoisotopic (exact) mass is 388 g/mol. The molecule has 0 spiro atoms. The maximum atomic E-state index is 12.9. The molecule has 4 aliphatic rings. The van der Waals surface area contributed by atoms with Gasteiger partial charge in [-0.05, 0) is 80.5 Å². The number of esters is 1. The van der Waals surface area contributed by atoms with Gasteiger partial charge in [0.1, 0.15) is 12.4 Å². The lowest BCUT2D eigenvalue weighted by atomic mass is 9.53. The van der Waals surface area contributed by atoms with Crippen LogP contribution in [-0.2, 0) is 14.3 Å². The summed E-state index contributed by atoms with van der Waals surface area (Å²) in [5.74, 6) is 0.245. The molecule has 1 aromatic rings. The van der Waals surface area contributed by atoms with Crippen LogP contribution in [0.4, 0.5) is 4.39 Å². The Bertz CT molecular complexity index is 742. The van der Waals surface area contributed by atoms with Crippen molar-refractivity contribution in [3.63, 3.8) is 0 Å². The van der Waals surface area contributed by atoms with Crippen LogP contribution in [0, 0.1) is 23.6 Å². The van der Waals surface area contributed by atoms with Crippen LogP contribution in [0.2, 0.25) is 0 Å². The number of nitrogens with one attached hydrogen (secondary N) is 2. The van der Waals surface area contributed by atoms with Gasteiger partial charge < -0.3 is 15.4 Å². The van der Waals surface area contributed by atoms with Crippen LogP contribution >= 0.6 is 0 Å². The van der Waals surface area contributed by atoms with E-state index in [4.69, 9.17) is 4.74 Å². The van der Waals surface area contributed by atoms with E-state index in [1.807, 2.05) is 0 Å². The summed E-state index contributed by atoms with van der Waals surface area (Å²) in [4.78, 5) is 36.0. The lowest BCUT2D eigenvalue weighted by molar-refractivity contribution is -0.149. The highest BCUT2D eigenvalue weighted by atomic mass is 19.1. The molecule has 4 bridgehead atoms. The molecule has 0 unspecified atom stereocenters. The fourth-order valence-corrected chi connectivity index (χ4v) is 5.65. The van der Waals surface area contributed by atoms with E-state index in [9.17, 15) is 18.8 Å². The fraction of sp³-hybridized carbons (Fsp3) is 0.571. The Morgan fingerprint density at radius 1 is 1.00 bits per heavy atom. The van der Waals surface area contributed by atoms with Gasteiger partial charge in [-0.3, -0.25) is 14.4 Å². The topological polar surface area (TPSA) is 84.5 Å². The molecular weight excluding hydrogens is 363 g/mol. The van der Waals surface area contributed by atoms with Gasteiger partial charge in [0.05, 0.1) is 0 Å². The maximum Gasteiger partial charge on any atom is 0.325 e. The Morgan fingerprint density at radius 2 is 1.57 bits per heavy atom. The summed E-state index contributed by atoms with van der Waals surface area (Å²) >= 11 is 0. The minimum atomic E-state index is -0.684. The van der Waals surface area contributed by atoms with Crippen molar-refractivity contribution in [2.75, 3.05) is 13.2 Å². The number of hydrogen-bond acceptors (Lipinski definition) is 4. The maximum absolute atomic E-state index is 12.9. The van der Waals surface area contributed by atoms with E-state index in [2.05, 4.69) is 10.6 Å². The average molecular weight is 388 g/mol. The van der Waals surface area contributed by atoms with Gasteiger partial charge in [-0.25, -0.2) is 4.39 Å². The molecule has 0 radical (unpaired) electrons. The first-order valence-corrected chi connectivity index (χ1v) is 9.91. The lowest BCUT2D eigenvalue weighted by Crippen LogP contribution is -2.60. The van der Waals surface area contributed by atoms with E-state index in [1.165, 1.54) is 43.5 Å². The van der Waals surface area contributed by atoms with Crippen molar-refractivity contribution < 1.29 is 23.5 Å². The van der Waals surface area contributed by atoms with Crippen LogP contribution in [-0.4, -0.2) is 36.5 Å². The van der Waals surface area contributed by atoms with E-state index in [0.29, 0.717) is 0 Å². The summed E-state index contributed by atoms with van der Waals surface area (Å²) in [6, 6.07) is 4.99. The van der Waals surface area contributed by atoms with Crippen LogP contribution in [0.15, 0.2) is 24.3 Å². The highest BCUT2D eigenvalue weighted by Crippen LogP contribution is 2.55. The van der Waals surface area contributed by atoms with Crippen LogP contribution in [0.1, 0.15) is 48.9 Å². The van der Waals surface area contributed by atoms with Crippen LogP contribution in [0.3, 0.4) is 0 Å². The third kappa shape index (κ3) is 4.18. The predicted molar refractivity (Wildman–Crippen MR) is 98.7 cm³/mol. The smallest absolute Gasteiger partial charge is 0.325 e. The van der Waals surface area contributed by atoms with Crippen molar-refractivity contribution >= 4 is 17.8 Å². The molecule has 4 fully saturated rings. The Hall–Kier alpha value is -2.44. The summed E-state index contributed by atoms with van der Waals surface area (Å²) in [5.41, 5.74) is 0.128. The largest absolute Gasteiger partial charge is 0.454 e. The summed E-state index contributed by atoms with van der Waals surface area (Å²) in [6.07, 6.45) is 6.97. The van der Waals surface area contributed by atoms with Gasteiger partial charge in [-0.15, -0.1) is 0 Å². The molecule has 5 rings (SSSR count). The number of carbonyl (C=O) groups is 3. The van der Waals surface area contributed by atoms with E-state index < -0.39 is 17.7 Å².